The van der Waals surface area contributed by atoms with Gasteiger partial charge >= 0.3 is 6.61 Å². The van der Waals surface area contributed by atoms with Crippen molar-refractivity contribution in [2.45, 2.75) is 32.5 Å². The molecule has 0 fully saturated rings. The zero-order valence-corrected chi connectivity index (χ0v) is 17.1. The van der Waals surface area contributed by atoms with Gasteiger partial charge in [0.15, 0.2) is 5.96 Å². The first-order valence-electron chi connectivity index (χ1n) is 10.0. The monoisotopic (exact) mass is 421 g/mol. The zero-order valence-electron chi connectivity index (χ0n) is 17.1. The van der Waals surface area contributed by atoms with Crippen molar-refractivity contribution in [1.29, 1.82) is 0 Å². The number of aliphatic imine (C=N–C) groups is 1. The van der Waals surface area contributed by atoms with Crippen LogP contribution in [0, 0.1) is 0 Å². The van der Waals surface area contributed by atoms with E-state index in [0.29, 0.717) is 24.7 Å². The van der Waals surface area contributed by atoms with Crippen molar-refractivity contribution in [3.05, 3.63) is 60.2 Å². The van der Waals surface area contributed by atoms with E-state index in [9.17, 15) is 13.9 Å². The maximum absolute atomic E-state index is 12.2. The highest BCUT2D eigenvalue weighted by atomic mass is 19.3. The Morgan fingerprint density at radius 3 is 2.40 bits per heavy atom. The number of aliphatic hydroxyl groups is 1. The molecule has 0 saturated heterocycles. The Morgan fingerprint density at radius 1 is 1.00 bits per heavy atom. The average Bonchev–Trinajstić information content (AvgIpc) is 2.75. The molecule has 164 valence electrons. The Bertz CT molecular complexity index is 743. The third-order valence-corrected chi connectivity index (χ3v) is 4.13. The first kappa shape index (κ1) is 23.4. The fourth-order valence-corrected chi connectivity index (χ4v) is 2.64. The minimum absolute atomic E-state index is 0.0516. The number of para-hydroxylation sites is 1. The van der Waals surface area contributed by atoms with Crippen molar-refractivity contribution in [1.82, 2.24) is 10.6 Å². The van der Waals surface area contributed by atoms with Crippen LogP contribution in [-0.4, -0.2) is 43.9 Å². The summed E-state index contributed by atoms with van der Waals surface area (Å²) in [7, 11) is 0. The molecule has 0 bridgehead atoms. The van der Waals surface area contributed by atoms with E-state index in [1.165, 1.54) is 12.1 Å². The molecule has 0 aliphatic carbocycles. The molecule has 0 heterocycles. The van der Waals surface area contributed by atoms with Gasteiger partial charge in [-0.3, -0.25) is 4.99 Å². The summed E-state index contributed by atoms with van der Waals surface area (Å²) in [6.07, 6.45) is 0.961. The van der Waals surface area contributed by atoms with E-state index in [1.807, 2.05) is 37.3 Å². The first-order valence-corrected chi connectivity index (χ1v) is 10.0. The quantitative estimate of drug-likeness (QED) is 0.277. The summed E-state index contributed by atoms with van der Waals surface area (Å²) in [6.45, 7) is 1.29. The molecule has 0 aliphatic rings. The van der Waals surface area contributed by atoms with Crippen molar-refractivity contribution in [3.8, 4) is 11.5 Å². The molecule has 2 aromatic carbocycles. The van der Waals surface area contributed by atoms with E-state index in [4.69, 9.17) is 4.74 Å². The van der Waals surface area contributed by atoms with Crippen LogP contribution in [0.1, 0.15) is 31.4 Å². The molecule has 6 nitrogen and oxygen atoms in total. The van der Waals surface area contributed by atoms with E-state index < -0.39 is 12.7 Å². The lowest BCUT2D eigenvalue weighted by Crippen LogP contribution is -2.38. The summed E-state index contributed by atoms with van der Waals surface area (Å²) in [4.78, 5) is 4.39. The standard InChI is InChI=1S/C22H29F2N3O3/c1-2-25-22(26-14-6-7-15-29-18-8-4-3-5-9-18)27-16-20(28)17-10-12-19(13-11-17)30-21(23)24/h3-5,8-13,20-21,28H,2,6-7,14-16H2,1H3,(H2,25,26,27). The second kappa shape index (κ2) is 13.4. The van der Waals surface area contributed by atoms with E-state index >= 15 is 0 Å². The Balaban J connectivity index is 1.72. The van der Waals surface area contributed by atoms with Crippen LogP contribution in [-0.2, 0) is 0 Å². The molecule has 0 amide bonds. The second-order valence-corrected chi connectivity index (χ2v) is 6.48. The average molecular weight is 421 g/mol. The number of nitrogens with one attached hydrogen (secondary N) is 2. The molecule has 0 aliphatic heterocycles. The van der Waals surface area contributed by atoms with Gasteiger partial charge in [-0.2, -0.15) is 8.78 Å². The number of alkyl halides is 2. The molecule has 1 atom stereocenters. The van der Waals surface area contributed by atoms with Crippen molar-refractivity contribution in [2.75, 3.05) is 26.2 Å². The van der Waals surface area contributed by atoms with Crippen LogP contribution in [0.25, 0.3) is 0 Å². The van der Waals surface area contributed by atoms with Crippen LogP contribution in [0.15, 0.2) is 59.6 Å². The van der Waals surface area contributed by atoms with Crippen molar-refractivity contribution in [3.63, 3.8) is 0 Å². The molecule has 30 heavy (non-hydrogen) atoms. The summed E-state index contributed by atoms with van der Waals surface area (Å²) in [5.41, 5.74) is 0.578. The lowest BCUT2D eigenvalue weighted by Gasteiger charge is -2.14. The summed E-state index contributed by atoms with van der Waals surface area (Å²) < 4.78 is 34.4. The van der Waals surface area contributed by atoms with Gasteiger partial charge < -0.3 is 25.2 Å². The first-order chi connectivity index (χ1) is 14.6. The van der Waals surface area contributed by atoms with E-state index in [-0.39, 0.29) is 12.3 Å². The van der Waals surface area contributed by atoms with Crippen LogP contribution < -0.4 is 20.1 Å². The number of halogens is 2. The molecule has 8 heteroatoms. The number of nitrogens with zero attached hydrogens (tertiary/aromatic N) is 1. The molecular formula is C22H29F2N3O3. The SMILES string of the molecule is CCNC(=NCC(O)c1ccc(OC(F)F)cc1)NCCCCOc1ccccc1. The fourth-order valence-electron chi connectivity index (χ4n) is 2.64. The van der Waals surface area contributed by atoms with E-state index in [0.717, 1.165) is 25.1 Å². The third kappa shape index (κ3) is 9.09. The molecule has 2 aromatic rings. The normalized spacial score (nSPS) is 12.5. The smallest absolute Gasteiger partial charge is 0.387 e. The summed E-state index contributed by atoms with van der Waals surface area (Å²) >= 11 is 0. The number of rotatable bonds is 12. The van der Waals surface area contributed by atoms with Gasteiger partial charge in [0.25, 0.3) is 0 Å². The lowest BCUT2D eigenvalue weighted by molar-refractivity contribution is -0.0498. The largest absolute Gasteiger partial charge is 0.494 e. The molecule has 0 aromatic heterocycles. The van der Waals surface area contributed by atoms with Crippen LogP contribution >= 0.6 is 0 Å². The molecule has 0 spiro atoms. The molecule has 1 unspecified atom stereocenters. The Kier molecular flexibility index (Phi) is 10.4. The van der Waals surface area contributed by atoms with Gasteiger partial charge in [0, 0.05) is 13.1 Å². The van der Waals surface area contributed by atoms with Crippen molar-refractivity contribution >= 4 is 5.96 Å². The number of guanidine groups is 1. The van der Waals surface area contributed by atoms with Gasteiger partial charge in [0.2, 0.25) is 0 Å². The van der Waals surface area contributed by atoms with E-state index in [1.54, 1.807) is 12.1 Å². The van der Waals surface area contributed by atoms with Gasteiger partial charge in [-0.1, -0.05) is 30.3 Å². The summed E-state index contributed by atoms with van der Waals surface area (Å²) in [5, 5.41) is 16.6. The Hall–Kier alpha value is -2.87. The van der Waals surface area contributed by atoms with Crippen molar-refractivity contribution < 1.29 is 23.4 Å². The lowest BCUT2D eigenvalue weighted by atomic mass is 10.1. The number of benzene rings is 2. The topological polar surface area (TPSA) is 75.1 Å². The van der Waals surface area contributed by atoms with Crippen LogP contribution in [0.3, 0.4) is 0 Å². The predicted molar refractivity (Wildman–Crippen MR) is 113 cm³/mol. The number of ether oxygens (including phenoxy) is 2. The van der Waals surface area contributed by atoms with Gasteiger partial charge in [-0.15, -0.1) is 0 Å². The molecule has 0 saturated carbocycles. The Morgan fingerprint density at radius 2 is 1.73 bits per heavy atom. The number of hydrogen-bond donors (Lipinski definition) is 3. The highest BCUT2D eigenvalue weighted by Crippen LogP contribution is 2.19. The maximum atomic E-state index is 12.2. The second-order valence-electron chi connectivity index (χ2n) is 6.48. The number of unbranched alkanes of at least 4 members (excludes halogenated alkanes) is 1. The van der Waals surface area contributed by atoms with Crippen LogP contribution in [0.5, 0.6) is 11.5 Å². The van der Waals surface area contributed by atoms with Gasteiger partial charge in [-0.05, 0) is 49.6 Å². The molecule has 3 N–H and O–H groups in total. The summed E-state index contributed by atoms with van der Waals surface area (Å²) in [6, 6.07) is 15.6. The van der Waals surface area contributed by atoms with Gasteiger partial charge in [0.05, 0.1) is 19.3 Å². The fraction of sp³-hybridized carbons (Fsp3) is 0.409. The minimum atomic E-state index is -2.87. The number of hydrogen-bond acceptors (Lipinski definition) is 4. The molecular weight excluding hydrogens is 392 g/mol. The Labute approximate surface area is 175 Å². The highest BCUT2D eigenvalue weighted by Gasteiger charge is 2.09. The molecule has 0 radical (unpaired) electrons. The van der Waals surface area contributed by atoms with Crippen LogP contribution in [0.4, 0.5) is 8.78 Å². The van der Waals surface area contributed by atoms with Crippen LogP contribution in [0.2, 0.25) is 0 Å². The number of aliphatic hydroxyl groups excluding tert-OH is 1. The zero-order chi connectivity index (χ0) is 21.6. The van der Waals surface area contributed by atoms with Crippen molar-refractivity contribution in [2.24, 2.45) is 4.99 Å². The molecule has 2 rings (SSSR count). The predicted octanol–water partition coefficient (Wildman–Crippen LogP) is 3.74. The van der Waals surface area contributed by atoms with E-state index in [2.05, 4.69) is 20.4 Å². The van der Waals surface area contributed by atoms with Gasteiger partial charge in [0.1, 0.15) is 11.5 Å². The highest BCUT2D eigenvalue weighted by molar-refractivity contribution is 5.79. The minimum Gasteiger partial charge on any atom is -0.494 e. The summed E-state index contributed by atoms with van der Waals surface area (Å²) in [5.74, 6) is 1.53. The third-order valence-electron chi connectivity index (χ3n) is 4.13. The van der Waals surface area contributed by atoms with Gasteiger partial charge in [-0.25, -0.2) is 0 Å². The maximum Gasteiger partial charge on any atom is 0.387 e.